The number of nitrogens with one attached hydrogen (secondary N) is 2. The standard InChI is InChI=1S/C21H21Cl2N5O2S/c1-3-28-19(13(2)24-20(30)14-4-6-15(22)7-5-14)26-27-21(28)31-12-18(29)25-17-10-8-16(23)9-11-17/h4-11,13H,3,12H2,1-2H3,(H,24,30)(H,25,29)/t13-/m0/s1. The monoisotopic (exact) mass is 477 g/mol. The van der Waals surface area contributed by atoms with Crippen molar-refractivity contribution in [2.75, 3.05) is 11.1 Å². The number of thioether (sulfide) groups is 1. The second-order valence-corrected chi connectivity index (χ2v) is 8.45. The Morgan fingerprint density at radius 1 is 1.03 bits per heavy atom. The molecule has 3 rings (SSSR count). The SMILES string of the molecule is CCn1c(SCC(=O)Nc2ccc(Cl)cc2)nnc1[C@H](C)NC(=O)c1ccc(Cl)cc1. The lowest BCUT2D eigenvalue weighted by Crippen LogP contribution is -2.28. The molecule has 0 aliphatic carbocycles. The number of rotatable bonds is 8. The second-order valence-electron chi connectivity index (χ2n) is 6.63. The third kappa shape index (κ3) is 6.22. The Morgan fingerprint density at radius 2 is 1.65 bits per heavy atom. The number of carbonyl (C=O) groups is 2. The molecule has 7 nitrogen and oxygen atoms in total. The van der Waals surface area contributed by atoms with Gasteiger partial charge in [0.1, 0.15) is 0 Å². The summed E-state index contributed by atoms with van der Waals surface area (Å²) in [5, 5.41) is 15.9. The van der Waals surface area contributed by atoms with Crippen LogP contribution in [0.15, 0.2) is 53.7 Å². The average Bonchev–Trinajstić information content (AvgIpc) is 3.17. The van der Waals surface area contributed by atoms with Gasteiger partial charge in [0, 0.05) is 27.8 Å². The molecule has 0 fully saturated rings. The number of benzene rings is 2. The van der Waals surface area contributed by atoms with E-state index in [0.29, 0.717) is 38.8 Å². The fourth-order valence-corrected chi connectivity index (χ4v) is 3.89. The van der Waals surface area contributed by atoms with Crippen molar-refractivity contribution in [1.82, 2.24) is 20.1 Å². The minimum absolute atomic E-state index is 0.163. The van der Waals surface area contributed by atoms with Gasteiger partial charge in [0.05, 0.1) is 11.8 Å². The maximum Gasteiger partial charge on any atom is 0.251 e. The fraction of sp³-hybridized carbons (Fsp3) is 0.238. The van der Waals surface area contributed by atoms with E-state index in [1.165, 1.54) is 11.8 Å². The zero-order valence-electron chi connectivity index (χ0n) is 16.9. The fourth-order valence-electron chi connectivity index (χ4n) is 2.83. The Labute approximate surface area is 194 Å². The zero-order valence-corrected chi connectivity index (χ0v) is 19.3. The molecule has 0 radical (unpaired) electrons. The number of anilines is 1. The van der Waals surface area contributed by atoms with Crippen LogP contribution in [0.4, 0.5) is 5.69 Å². The predicted molar refractivity (Wildman–Crippen MR) is 124 cm³/mol. The number of hydrogen-bond donors (Lipinski definition) is 2. The van der Waals surface area contributed by atoms with Crippen LogP contribution in [0.3, 0.4) is 0 Å². The number of carbonyl (C=O) groups excluding carboxylic acids is 2. The van der Waals surface area contributed by atoms with Crippen LogP contribution in [-0.2, 0) is 11.3 Å². The third-order valence-electron chi connectivity index (χ3n) is 4.36. The number of nitrogens with zero attached hydrogens (tertiary/aromatic N) is 3. The van der Waals surface area contributed by atoms with Gasteiger partial charge in [-0.05, 0) is 62.4 Å². The maximum atomic E-state index is 12.5. The van der Waals surface area contributed by atoms with Crippen LogP contribution < -0.4 is 10.6 Å². The summed E-state index contributed by atoms with van der Waals surface area (Å²) < 4.78 is 1.88. The first-order valence-corrected chi connectivity index (χ1v) is 11.3. The van der Waals surface area contributed by atoms with Crippen molar-refractivity contribution in [3.63, 3.8) is 0 Å². The normalized spacial score (nSPS) is 11.7. The summed E-state index contributed by atoms with van der Waals surface area (Å²) in [5.41, 5.74) is 1.18. The van der Waals surface area contributed by atoms with E-state index in [0.717, 1.165) is 0 Å². The highest BCUT2D eigenvalue weighted by Crippen LogP contribution is 2.22. The first-order valence-electron chi connectivity index (χ1n) is 9.55. The molecule has 0 saturated carbocycles. The quantitative estimate of drug-likeness (QED) is 0.453. The molecule has 31 heavy (non-hydrogen) atoms. The largest absolute Gasteiger partial charge is 0.342 e. The van der Waals surface area contributed by atoms with E-state index in [9.17, 15) is 9.59 Å². The maximum absolute atomic E-state index is 12.5. The van der Waals surface area contributed by atoms with Crippen molar-refractivity contribution in [1.29, 1.82) is 0 Å². The molecule has 0 spiro atoms. The van der Waals surface area contributed by atoms with E-state index < -0.39 is 0 Å². The minimum Gasteiger partial charge on any atom is -0.342 e. The molecule has 162 valence electrons. The van der Waals surface area contributed by atoms with E-state index in [1.54, 1.807) is 48.5 Å². The lowest BCUT2D eigenvalue weighted by Gasteiger charge is -2.15. The topological polar surface area (TPSA) is 88.9 Å². The van der Waals surface area contributed by atoms with Gasteiger partial charge in [0.15, 0.2) is 11.0 Å². The van der Waals surface area contributed by atoms with Gasteiger partial charge in [-0.15, -0.1) is 10.2 Å². The molecule has 2 amide bonds. The van der Waals surface area contributed by atoms with Gasteiger partial charge in [-0.2, -0.15) is 0 Å². The summed E-state index contributed by atoms with van der Waals surface area (Å²) in [5.74, 6) is 0.395. The number of hydrogen-bond acceptors (Lipinski definition) is 5. The third-order valence-corrected chi connectivity index (χ3v) is 5.83. The number of aromatic nitrogens is 3. The molecular formula is C21H21Cl2N5O2S. The van der Waals surface area contributed by atoms with Gasteiger partial charge in [-0.1, -0.05) is 35.0 Å². The van der Waals surface area contributed by atoms with Crippen molar-refractivity contribution in [3.05, 3.63) is 70.0 Å². The molecule has 3 aromatic rings. The molecule has 0 aliphatic heterocycles. The van der Waals surface area contributed by atoms with Crippen LogP contribution in [0, 0.1) is 0 Å². The summed E-state index contributed by atoms with van der Waals surface area (Å²) in [6.45, 7) is 4.40. The van der Waals surface area contributed by atoms with Crippen molar-refractivity contribution in [2.24, 2.45) is 0 Å². The lowest BCUT2D eigenvalue weighted by atomic mass is 10.2. The molecule has 2 aromatic carbocycles. The lowest BCUT2D eigenvalue weighted by molar-refractivity contribution is -0.113. The smallest absolute Gasteiger partial charge is 0.251 e. The minimum atomic E-state index is -0.368. The highest BCUT2D eigenvalue weighted by molar-refractivity contribution is 7.99. The molecule has 2 N–H and O–H groups in total. The second kappa shape index (κ2) is 10.7. The summed E-state index contributed by atoms with van der Waals surface area (Å²) in [4.78, 5) is 24.7. The van der Waals surface area contributed by atoms with Crippen LogP contribution in [-0.4, -0.2) is 32.3 Å². The van der Waals surface area contributed by atoms with Gasteiger partial charge in [-0.25, -0.2) is 0 Å². The molecule has 10 heteroatoms. The Balaban J connectivity index is 1.61. The molecule has 1 atom stereocenters. The summed E-state index contributed by atoms with van der Waals surface area (Å²) in [6.07, 6.45) is 0. The van der Waals surface area contributed by atoms with Crippen LogP contribution in [0.1, 0.15) is 36.1 Å². The summed E-state index contributed by atoms with van der Waals surface area (Å²) >= 11 is 13.0. The van der Waals surface area contributed by atoms with Gasteiger partial charge in [-0.3, -0.25) is 9.59 Å². The number of halogens is 2. The van der Waals surface area contributed by atoms with Crippen LogP contribution in [0.2, 0.25) is 10.0 Å². The van der Waals surface area contributed by atoms with E-state index in [1.807, 2.05) is 18.4 Å². The van der Waals surface area contributed by atoms with Gasteiger partial charge >= 0.3 is 0 Å². The van der Waals surface area contributed by atoms with E-state index in [-0.39, 0.29) is 23.6 Å². The Morgan fingerprint density at radius 3 is 2.26 bits per heavy atom. The predicted octanol–water partition coefficient (Wildman–Crippen LogP) is 4.83. The van der Waals surface area contributed by atoms with E-state index in [2.05, 4.69) is 20.8 Å². The highest BCUT2D eigenvalue weighted by Gasteiger charge is 2.20. The molecule has 1 heterocycles. The molecule has 1 aromatic heterocycles. The van der Waals surface area contributed by atoms with E-state index >= 15 is 0 Å². The zero-order chi connectivity index (χ0) is 22.4. The highest BCUT2D eigenvalue weighted by atomic mass is 35.5. The van der Waals surface area contributed by atoms with Crippen molar-refractivity contribution in [2.45, 2.75) is 31.6 Å². The van der Waals surface area contributed by atoms with Gasteiger partial charge in [0.25, 0.3) is 5.91 Å². The first kappa shape index (κ1) is 23.1. The van der Waals surface area contributed by atoms with Crippen molar-refractivity contribution in [3.8, 4) is 0 Å². The summed E-state index contributed by atoms with van der Waals surface area (Å²) in [7, 11) is 0. The van der Waals surface area contributed by atoms with Gasteiger partial charge < -0.3 is 15.2 Å². The molecule has 0 saturated heterocycles. The molecular weight excluding hydrogens is 457 g/mol. The molecule has 0 aliphatic rings. The average molecular weight is 478 g/mol. The number of amides is 2. The van der Waals surface area contributed by atoms with Crippen LogP contribution >= 0.6 is 35.0 Å². The van der Waals surface area contributed by atoms with E-state index in [4.69, 9.17) is 23.2 Å². The molecule has 0 unspecified atom stereocenters. The summed E-state index contributed by atoms with van der Waals surface area (Å²) in [6, 6.07) is 13.2. The van der Waals surface area contributed by atoms with Gasteiger partial charge in [0.2, 0.25) is 5.91 Å². The van der Waals surface area contributed by atoms with Crippen molar-refractivity contribution >= 4 is 52.5 Å². The Hall–Kier alpha value is -2.55. The van der Waals surface area contributed by atoms with Crippen molar-refractivity contribution < 1.29 is 9.59 Å². The van der Waals surface area contributed by atoms with Crippen LogP contribution in [0.5, 0.6) is 0 Å². The Kier molecular flexibility index (Phi) is 7.95. The Bertz CT molecular complexity index is 1050. The first-order chi connectivity index (χ1) is 14.9. The molecule has 0 bridgehead atoms. The van der Waals surface area contributed by atoms with Crippen LogP contribution in [0.25, 0.3) is 0 Å².